The summed E-state index contributed by atoms with van der Waals surface area (Å²) in [5.41, 5.74) is 0.604. The number of aryl methyl sites for hydroxylation is 1. The number of amides is 1. The lowest BCUT2D eigenvalue weighted by atomic mass is 9.90. The first-order chi connectivity index (χ1) is 12.1. The summed E-state index contributed by atoms with van der Waals surface area (Å²) in [5, 5.41) is 10.5. The van der Waals surface area contributed by atoms with Crippen molar-refractivity contribution in [3.63, 3.8) is 0 Å². The van der Waals surface area contributed by atoms with Crippen LogP contribution in [-0.4, -0.2) is 45.3 Å². The fourth-order valence-corrected chi connectivity index (χ4v) is 3.50. The van der Waals surface area contributed by atoms with Crippen molar-refractivity contribution in [3.05, 3.63) is 42.0 Å². The van der Waals surface area contributed by atoms with Crippen LogP contribution >= 0.6 is 0 Å². The zero-order chi connectivity index (χ0) is 17.4. The van der Waals surface area contributed by atoms with Gasteiger partial charge in [0.25, 0.3) is 5.91 Å². The first kappa shape index (κ1) is 16.0. The molecule has 0 bridgehead atoms. The highest BCUT2D eigenvalue weighted by Gasteiger charge is 2.30. The van der Waals surface area contributed by atoms with Crippen molar-refractivity contribution in [2.45, 2.75) is 18.9 Å². The molecule has 7 nitrogen and oxygen atoms in total. The lowest BCUT2D eigenvalue weighted by molar-refractivity contribution is 0.0420. The topological polar surface area (TPSA) is 76.8 Å². The molecule has 25 heavy (non-hydrogen) atoms. The van der Waals surface area contributed by atoms with Crippen LogP contribution in [0.25, 0.3) is 0 Å². The Hall–Kier alpha value is -2.54. The number of nitrogens with zero attached hydrogens (tertiary/aromatic N) is 3. The first-order valence-electron chi connectivity index (χ1n) is 8.47. The van der Waals surface area contributed by atoms with Crippen LogP contribution in [-0.2, 0) is 7.05 Å². The smallest absolute Gasteiger partial charge is 0.253 e. The van der Waals surface area contributed by atoms with Gasteiger partial charge >= 0.3 is 0 Å². The van der Waals surface area contributed by atoms with E-state index in [-0.39, 0.29) is 18.6 Å². The van der Waals surface area contributed by atoms with Crippen molar-refractivity contribution in [1.82, 2.24) is 14.5 Å². The van der Waals surface area contributed by atoms with Crippen LogP contribution in [0.5, 0.6) is 11.5 Å². The van der Waals surface area contributed by atoms with Crippen LogP contribution in [0.1, 0.15) is 35.1 Å². The summed E-state index contributed by atoms with van der Waals surface area (Å²) < 4.78 is 12.5. The number of fused-ring (bicyclic) bond motifs is 1. The van der Waals surface area contributed by atoms with E-state index in [4.69, 9.17) is 9.47 Å². The molecule has 0 spiro atoms. The number of aliphatic hydroxyl groups excluding tert-OH is 1. The molecule has 0 aliphatic carbocycles. The Kier molecular flexibility index (Phi) is 4.09. The van der Waals surface area contributed by atoms with Crippen molar-refractivity contribution in [1.29, 1.82) is 0 Å². The zero-order valence-electron chi connectivity index (χ0n) is 14.1. The lowest BCUT2D eigenvalue weighted by Crippen LogP contribution is -2.40. The average molecular weight is 343 g/mol. The van der Waals surface area contributed by atoms with Gasteiger partial charge in [0.15, 0.2) is 11.5 Å². The van der Waals surface area contributed by atoms with Crippen LogP contribution in [0, 0.1) is 5.92 Å². The lowest BCUT2D eigenvalue weighted by Gasteiger charge is -2.34. The maximum absolute atomic E-state index is 12.7. The van der Waals surface area contributed by atoms with Gasteiger partial charge in [-0.15, -0.1) is 0 Å². The molecule has 132 valence electrons. The highest BCUT2D eigenvalue weighted by molar-refractivity contribution is 5.95. The largest absolute Gasteiger partial charge is 0.454 e. The highest BCUT2D eigenvalue weighted by atomic mass is 16.7. The van der Waals surface area contributed by atoms with E-state index >= 15 is 0 Å². The van der Waals surface area contributed by atoms with E-state index in [1.165, 1.54) is 0 Å². The predicted octanol–water partition coefficient (Wildman–Crippen LogP) is 1.73. The van der Waals surface area contributed by atoms with E-state index < -0.39 is 6.10 Å². The number of ether oxygens (including phenoxy) is 2. The fourth-order valence-electron chi connectivity index (χ4n) is 3.50. The van der Waals surface area contributed by atoms with Gasteiger partial charge in [0.05, 0.1) is 0 Å². The second kappa shape index (κ2) is 6.40. The third kappa shape index (κ3) is 2.95. The number of carbonyl (C=O) groups excluding carboxylic acids is 1. The molecule has 4 rings (SSSR count). The number of piperidine rings is 1. The first-order valence-corrected chi connectivity index (χ1v) is 8.47. The number of rotatable bonds is 3. The minimum atomic E-state index is -0.595. The molecule has 0 radical (unpaired) electrons. The quantitative estimate of drug-likeness (QED) is 0.918. The third-order valence-electron chi connectivity index (χ3n) is 5.02. The third-order valence-corrected chi connectivity index (χ3v) is 5.02. The van der Waals surface area contributed by atoms with Crippen LogP contribution in [0.15, 0.2) is 30.6 Å². The van der Waals surface area contributed by atoms with Crippen molar-refractivity contribution >= 4 is 5.91 Å². The summed E-state index contributed by atoms with van der Waals surface area (Å²) in [6, 6.07) is 5.28. The minimum Gasteiger partial charge on any atom is -0.454 e. The van der Waals surface area contributed by atoms with Gasteiger partial charge in [-0.2, -0.15) is 0 Å². The van der Waals surface area contributed by atoms with Crippen molar-refractivity contribution in [2.24, 2.45) is 13.0 Å². The Morgan fingerprint density at radius 2 is 2.04 bits per heavy atom. The fraction of sp³-hybridized carbons (Fsp3) is 0.444. The number of aliphatic hydroxyl groups is 1. The van der Waals surface area contributed by atoms with Crippen molar-refractivity contribution < 1.29 is 19.4 Å². The Bertz CT molecular complexity index is 780. The van der Waals surface area contributed by atoms with Crippen molar-refractivity contribution in [2.75, 3.05) is 19.9 Å². The van der Waals surface area contributed by atoms with Gasteiger partial charge < -0.3 is 24.0 Å². The van der Waals surface area contributed by atoms with E-state index in [2.05, 4.69) is 4.98 Å². The molecule has 1 fully saturated rings. The SMILES string of the molecule is Cn1ccnc1C(O)C1CCN(C(=O)c2ccc3c(c2)OCO3)CC1. The minimum absolute atomic E-state index is 0.0109. The van der Waals surface area contributed by atoms with E-state index in [0.29, 0.717) is 36.0 Å². The number of likely N-dealkylation sites (tertiary alicyclic amines) is 1. The van der Waals surface area contributed by atoms with Gasteiger partial charge in [0, 0.05) is 38.1 Å². The second-order valence-corrected chi connectivity index (χ2v) is 6.54. The number of benzene rings is 1. The molecule has 7 heteroatoms. The highest BCUT2D eigenvalue weighted by Crippen LogP contribution is 2.34. The Morgan fingerprint density at radius 3 is 2.76 bits per heavy atom. The Labute approximate surface area is 145 Å². The number of imidazole rings is 1. The van der Waals surface area contributed by atoms with Gasteiger partial charge in [-0.05, 0) is 37.0 Å². The van der Waals surface area contributed by atoms with E-state index in [0.717, 1.165) is 12.8 Å². The summed E-state index contributed by atoms with van der Waals surface area (Å²) in [6.45, 7) is 1.45. The molecular weight excluding hydrogens is 322 g/mol. The van der Waals surface area contributed by atoms with Gasteiger partial charge in [-0.1, -0.05) is 0 Å². The Morgan fingerprint density at radius 1 is 1.28 bits per heavy atom. The molecule has 1 unspecified atom stereocenters. The normalized spacial score (nSPS) is 18.4. The molecule has 1 saturated heterocycles. The molecule has 1 atom stereocenters. The van der Waals surface area contributed by atoms with Gasteiger partial charge in [0.1, 0.15) is 11.9 Å². The number of hydrogen-bond donors (Lipinski definition) is 1. The molecule has 0 saturated carbocycles. The molecule has 1 N–H and O–H groups in total. The summed E-state index contributed by atoms with van der Waals surface area (Å²) in [7, 11) is 1.88. The van der Waals surface area contributed by atoms with Gasteiger partial charge in [-0.3, -0.25) is 4.79 Å². The van der Waals surface area contributed by atoms with Crippen LogP contribution < -0.4 is 9.47 Å². The molecular formula is C18H21N3O4. The van der Waals surface area contributed by atoms with Gasteiger partial charge in [-0.25, -0.2) is 4.98 Å². The monoisotopic (exact) mass is 343 g/mol. The molecule has 3 heterocycles. The molecule has 1 amide bonds. The van der Waals surface area contributed by atoms with Crippen LogP contribution in [0.4, 0.5) is 0 Å². The average Bonchev–Trinajstić information content (AvgIpc) is 3.28. The maximum Gasteiger partial charge on any atom is 0.253 e. The summed E-state index contributed by atoms with van der Waals surface area (Å²) in [5.74, 6) is 2.07. The zero-order valence-corrected chi connectivity index (χ0v) is 14.1. The van der Waals surface area contributed by atoms with Crippen LogP contribution in [0.2, 0.25) is 0 Å². The molecule has 1 aromatic carbocycles. The summed E-state index contributed by atoms with van der Waals surface area (Å²) in [4.78, 5) is 18.8. The van der Waals surface area contributed by atoms with E-state index in [9.17, 15) is 9.90 Å². The van der Waals surface area contributed by atoms with E-state index in [1.807, 2.05) is 22.7 Å². The number of hydrogen-bond acceptors (Lipinski definition) is 5. The summed E-state index contributed by atoms with van der Waals surface area (Å²) in [6.07, 6.45) is 4.44. The number of aromatic nitrogens is 2. The van der Waals surface area contributed by atoms with Crippen molar-refractivity contribution in [3.8, 4) is 11.5 Å². The van der Waals surface area contributed by atoms with E-state index in [1.54, 1.807) is 24.4 Å². The number of carbonyl (C=O) groups is 1. The molecule has 2 aliphatic rings. The maximum atomic E-state index is 12.7. The summed E-state index contributed by atoms with van der Waals surface area (Å²) >= 11 is 0. The second-order valence-electron chi connectivity index (χ2n) is 6.54. The Balaban J connectivity index is 1.40. The standard InChI is InChI=1S/C18H21N3O4/c1-20-9-6-19-17(20)16(22)12-4-7-21(8-5-12)18(23)13-2-3-14-15(10-13)25-11-24-14/h2-3,6,9-10,12,16,22H,4-5,7-8,11H2,1H3. The molecule has 2 aromatic rings. The molecule has 1 aromatic heterocycles. The molecule has 2 aliphatic heterocycles. The predicted molar refractivity (Wildman–Crippen MR) is 89.4 cm³/mol. The van der Waals surface area contributed by atoms with Gasteiger partial charge in [0.2, 0.25) is 6.79 Å². The van der Waals surface area contributed by atoms with Crippen LogP contribution in [0.3, 0.4) is 0 Å².